The van der Waals surface area contributed by atoms with Gasteiger partial charge in [0.1, 0.15) is 0 Å². The average Bonchev–Trinajstić information content (AvgIpc) is 2.46. The number of amides is 2. The molecule has 0 aliphatic carbocycles. The van der Waals surface area contributed by atoms with Crippen molar-refractivity contribution >= 4 is 29.3 Å². The van der Waals surface area contributed by atoms with Crippen LogP contribution in [0.3, 0.4) is 0 Å². The summed E-state index contributed by atoms with van der Waals surface area (Å²) in [5, 5.41) is 13.5. The normalized spacial score (nSPS) is 11.3. The molecule has 0 aliphatic rings. The Kier molecular flexibility index (Phi) is 6.15. The first kappa shape index (κ1) is 16.4. The van der Waals surface area contributed by atoms with Crippen molar-refractivity contribution in [3.63, 3.8) is 0 Å². The Morgan fingerprint density at radius 3 is 2.19 bits per heavy atom. The molecule has 1 atom stereocenters. The molecule has 2 amide bonds. The Bertz CT molecular complexity index is 515. The summed E-state index contributed by atoms with van der Waals surface area (Å²) in [5.74, 6) is -1.47. The number of nitrogens with one attached hydrogen (secondary N) is 2. The van der Waals surface area contributed by atoms with Crippen molar-refractivity contribution in [2.24, 2.45) is 5.73 Å². The van der Waals surface area contributed by atoms with Crippen molar-refractivity contribution in [3.8, 4) is 0 Å². The molecule has 1 unspecified atom stereocenters. The summed E-state index contributed by atoms with van der Waals surface area (Å²) in [5.41, 5.74) is 6.57. The summed E-state index contributed by atoms with van der Waals surface area (Å²) in [4.78, 5) is 33.1. The lowest BCUT2D eigenvalue weighted by Gasteiger charge is -2.11. The number of aliphatic carboxylic acids is 1. The molecule has 0 bridgehead atoms. The third-order valence-corrected chi connectivity index (χ3v) is 2.59. The number of methoxy groups -OCH3 is 1. The van der Waals surface area contributed by atoms with E-state index in [1.165, 1.54) is 7.11 Å². The van der Waals surface area contributed by atoms with E-state index in [4.69, 9.17) is 10.8 Å². The molecular weight excluding hydrogens is 278 g/mol. The molecule has 0 saturated carbocycles. The highest BCUT2D eigenvalue weighted by molar-refractivity contribution is 5.95. The lowest BCUT2D eigenvalue weighted by Crippen LogP contribution is -2.36. The summed E-state index contributed by atoms with van der Waals surface area (Å²) in [6.07, 6.45) is -0.706. The molecule has 0 aromatic heterocycles. The van der Waals surface area contributed by atoms with Crippen molar-refractivity contribution < 1.29 is 24.2 Å². The highest BCUT2D eigenvalue weighted by Crippen LogP contribution is 2.14. The smallest absolute Gasteiger partial charge is 0.411 e. The van der Waals surface area contributed by atoms with Crippen LogP contribution in [0.4, 0.5) is 16.2 Å². The molecule has 8 heteroatoms. The number of hydrogen-bond donors (Lipinski definition) is 4. The standard InChI is InChI=1S/C13H17N3O5/c1-21-13(20)16-9-4-2-8(3-5-9)15-12(19)10(14)6-7-11(17)18/h2-5,10H,6-7,14H2,1H3,(H,15,19)(H,16,20)(H,17,18). The summed E-state index contributed by atoms with van der Waals surface area (Å²) >= 11 is 0. The zero-order chi connectivity index (χ0) is 15.8. The van der Waals surface area contributed by atoms with E-state index in [0.29, 0.717) is 11.4 Å². The first-order valence-electron chi connectivity index (χ1n) is 6.15. The van der Waals surface area contributed by atoms with Crippen LogP contribution < -0.4 is 16.4 Å². The minimum absolute atomic E-state index is 0.0587. The van der Waals surface area contributed by atoms with Crippen LogP contribution >= 0.6 is 0 Å². The number of carboxylic acid groups (broad SMARTS) is 1. The molecule has 0 fully saturated rings. The summed E-state index contributed by atoms with van der Waals surface area (Å²) in [6.45, 7) is 0. The molecule has 21 heavy (non-hydrogen) atoms. The minimum Gasteiger partial charge on any atom is -0.481 e. The molecule has 0 saturated heterocycles. The van der Waals surface area contributed by atoms with Gasteiger partial charge in [-0.2, -0.15) is 0 Å². The lowest BCUT2D eigenvalue weighted by atomic mass is 10.1. The number of carbonyl (C=O) groups is 3. The van der Waals surface area contributed by atoms with E-state index < -0.39 is 24.0 Å². The van der Waals surface area contributed by atoms with Crippen LogP contribution in [0, 0.1) is 0 Å². The van der Waals surface area contributed by atoms with Gasteiger partial charge < -0.3 is 20.9 Å². The van der Waals surface area contributed by atoms with E-state index >= 15 is 0 Å². The highest BCUT2D eigenvalue weighted by atomic mass is 16.5. The molecule has 0 radical (unpaired) electrons. The maximum atomic E-state index is 11.7. The first-order valence-corrected chi connectivity index (χ1v) is 6.15. The summed E-state index contributed by atoms with van der Waals surface area (Å²) in [6, 6.07) is 5.42. The van der Waals surface area contributed by atoms with Gasteiger partial charge in [0.15, 0.2) is 0 Å². The first-order chi connectivity index (χ1) is 9.92. The average molecular weight is 295 g/mol. The van der Waals surface area contributed by atoms with Gasteiger partial charge in [0.2, 0.25) is 5.91 Å². The molecule has 0 heterocycles. The van der Waals surface area contributed by atoms with Gasteiger partial charge in [-0.15, -0.1) is 0 Å². The van der Waals surface area contributed by atoms with E-state index in [0.717, 1.165) is 0 Å². The third kappa shape index (κ3) is 5.91. The Morgan fingerprint density at radius 2 is 1.71 bits per heavy atom. The van der Waals surface area contributed by atoms with Crippen LogP contribution in [0.25, 0.3) is 0 Å². The highest BCUT2D eigenvalue weighted by Gasteiger charge is 2.15. The van der Waals surface area contributed by atoms with Crippen LogP contribution in [0.15, 0.2) is 24.3 Å². The molecular formula is C13H17N3O5. The molecule has 0 spiro atoms. The largest absolute Gasteiger partial charge is 0.481 e. The number of rotatable bonds is 6. The van der Waals surface area contributed by atoms with Crippen molar-refractivity contribution in [3.05, 3.63) is 24.3 Å². The minimum atomic E-state index is -1.00. The van der Waals surface area contributed by atoms with E-state index in [9.17, 15) is 14.4 Å². The fraction of sp³-hybridized carbons (Fsp3) is 0.308. The quantitative estimate of drug-likeness (QED) is 0.619. The Morgan fingerprint density at radius 1 is 1.19 bits per heavy atom. The monoisotopic (exact) mass is 295 g/mol. The van der Waals surface area contributed by atoms with Crippen molar-refractivity contribution in [2.75, 3.05) is 17.7 Å². The fourth-order valence-electron chi connectivity index (χ4n) is 1.45. The van der Waals surface area contributed by atoms with Crippen LogP contribution in [0.5, 0.6) is 0 Å². The van der Waals surface area contributed by atoms with Gasteiger partial charge in [-0.05, 0) is 30.7 Å². The van der Waals surface area contributed by atoms with E-state index in [1.807, 2.05) is 0 Å². The second-order valence-electron chi connectivity index (χ2n) is 4.22. The SMILES string of the molecule is COC(=O)Nc1ccc(NC(=O)C(N)CCC(=O)O)cc1. The second kappa shape index (κ2) is 7.85. The number of carboxylic acids is 1. The van der Waals surface area contributed by atoms with Gasteiger partial charge in [-0.3, -0.25) is 14.9 Å². The zero-order valence-electron chi connectivity index (χ0n) is 11.5. The van der Waals surface area contributed by atoms with Gasteiger partial charge in [0.05, 0.1) is 13.2 Å². The predicted octanol–water partition coefficient (Wildman–Crippen LogP) is 0.995. The van der Waals surface area contributed by atoms with Gasteiger partial charge in [-0.1, -0.05) is 0 Å². The second-order valence-corrected chi connectivity index (χ2v) is 4.22. The molecule has 0 aliphatic heterocycles. The maximum Gasteiger partial charge on any atom is 0.411 e. The van der Waals surface area contributed by atoms with Crippen molar-refractivity contribution in [1.29, 1.82) is 0 Å². The van der Waals surface area contributed by atoms with E-state index in [-0.39, 0.29) is 12.8 Å². The predicted molar refractivity (Wildman–Crippen MR) is 75.9 cm³/mol. The van der Waals surface area contributed by atoms with Crippen LogP contribution in [0.1, 0.15) is 12.8 Å². The number of carbonyl (C=O) groups excluding carboxylic acids is 2. The zero-order valence-corrected chi connectivity index (χ0v) is 11.5. The maximum absolute atomic E-state index is 11.7. The molecule has 1 rings (SSSR count). The van der Waals surface area contributed by atoms with Crippen LogP contribution in [0.2, 0.25) is 0 Å². The number of hydrogen-bond acceptors (Lipinski definition) is 5. The van der Waals surface area contributed by atoms with Gasteiger partial charge in [0, 0.05) is 17.8 Å². The van der Waals surface area contributed by atoms with Gasteiger partial charge in [-0.25, -0.2) is 4.79 Å². The molecule has 114 valence electrons. The van der Waals surface area contributed by atoms with E-state index in [2.05, 4.69) is 15.4 Å². The molecule has 1 aromatic carbocycles. The third-order valence-electron chi connectivity index (χ3n) is 2.59. The molecule has 8 nitrogen and oxygen atoms in total. The number of anilines is 2. The number of nitrogens with two attached hydrogens (primary N) is 1. The lowest BCUT2D eigenvalue weighted by molar-refractivity contribution is -0.137. The Labute approximate surface area is 121 Å². The summed E-state index contributed by atoms with van der Waals surface area (Å²) < 4.78 is 4.44. The van der Waals surface area contributed by atoms with Gasteiger partial charge >= 0.3 is 12.1 Å². The van der Waals surface area contributed by atoms with Crippen molar-refractivity contribution in [1.82, 2.24) is 0 Å². The topological polar surface area (TPSA) is 131 Å². The van der Waals surface area contributed by atoms with Gasteiger partial charge in [0.25, 0.3) is 0 Å². The van der Waals surface area contributed by atoms with E-state index in [1.54, 1.807) is 24.3 Å². The molecule has 5 N–H and O–H groups in total. The Hall–Kier alpha value is -2.61. The van der Waals surface area contributed by atoms with Crippen LogP contribution in [-0.2, 0) is 14.3 Å². The fourth-order valence-corrected chi connectivity index (χ4v) is 1.45. The Balaban J connectivity index is 2.53. The van der Waals surface area contributed by atoms with Crippen molar-refractivity contribution in [2.45, 2.75) is 18.9 Å². The van der Waals surface area contributed by atoms with Crippen LogP contribution in [-0.4, -0.2) is 36.2 Å². The number of ether oxygens (including phenoxy) is 1. The number of benzene rings is 1. The molecule has 1 aromatic rings. The summed E-state index contributed by atoms with van der Waals surface area (Å²) in [7, 11) is 1.25.